The smallest absolute Gasteiger partial charge is 0.229 e. The van der Waals surface area contributed by atoms with Crippen molar-refractivity contribution in [1.82, 2.24) is 29.9 Å². The molecule has 53 heavy (non-hydrogen) atoms. The number of aromatic nitrogens is 6. The fourth-order valence-electron chi connectivity index (χ4n) is 6.73. The van der Waals surface area contributed by atoms with Crippen molar-refractivity contribution in [1.29, 1.82) is 0 Å². The molecule has 10 rings (SSSR count). The number of rotatable bonds is 6. The van der Waals surface area contributed by atoms with Crippen molar-refractivity contribution in [3.8, 4) is 67.9 Å². The average molecular weight is 681 g/mol. The lowest BCUT2D eigenvalue weighted by Gasteiger charge is -2.10. The summed E-state index contributed by atoms with van der Waals surface area (Å²) in [6, 6.07) is 55.2. The molecule has 6 aromatic carbocycles. The van der Waals surface area contributed by atoms with Gasteiger partial charge in [-0.15, -0.1) is 0 Å². The zero-order chi connectivity index (χ0) is 35.1. The molecule has 7 nitrogen and oxygen atoms in total. The molecule has 0 N–H and O–H groups in total. The van der Waals surface area contributed by atoms with Crippen LogP contribution in [0.25, 0.3) is 101 Å². The minimum absolute atomic E-state index is 0.521. The van der Waals surface area contributed by atoms with Crippen LogP contribution in [0, 0.1) is 0 Å². The fourth-order valence-corrected chi connectivity index (χ4v) is 6.73. The molecule has 0 aliphatic carbocycles. The molecule has 0 fully saturated rings. The zero-order valence-electron chi connectivity index (χ0n) is 28.3. The van der Waals surface area contributed by atoms with Crippen molar-refractivity contribution < 1.29 is 4.42 Å². The third-order valence-corrected chi connectivity index (χ3v) is 9.41. The second kappa shape index (κ2) is 12.7. The molecule has 0 aliphatic heterocycles. The van der Waals surface area contributed by atoms with Crippen LogP contribution in [-0.2, 0) is 0 Å². The number of nitrogens with zero attached hydrogens (tertiary/aromatic N) is 6. The standard InChI is InChI=1S/C46H28N6O/c1-3-11-29(12-4-1)35-17-9-18-36(27-35)45-51-42(32-14-5-2-6-15-32)50-43(52-45)33-23-21-31(22-24-33)39-41-40(38-19-10-26-47-46(38)53-41)49-44(48-39)37-25-20-30-13-7-8-16-34(30)28-37/h1-28H. The molecule has 0 saturated carbocycles. The largest absolute Gasteiger partial charge is 0.434 e. The van der Waals surface area contributed by atoms with Gasteiger partial charge in [-0.25, -0.2) is 29.9 Å². The van der Waals surface area contributed by atoms with Crippen LogP contribution < -0.4 is 0 Å². The Morgan fingerprint density at radius 1 is 0.358 bits per heavy atom. The van der Waals surface area contributed by atoms with E-state index in [0.29, 0.717) is 40.3 Å². The SMILES string of the molecule is c1ccc(-c2cccc(-c3nc(-c4ccccc4)nc(-c4ccc(-c5nc(-c6ccc7ccccc7c6)nc6c5oc5ncccc56)cc4)n3)c2)cc1. The number of furan rings is 1. The van der Waals surface area contributed by atoms with Crippen molar-refractivity contribution in [2.75, 3.05) is 0 Å². The summed E-state index contributed by atoms with van der Waals surface area (Å²) in [5.41, 5.74) is 9.19. The lowest BCUT2D eigenvalue weighted by Crippen LogP contribution is -2.00. The highest BCUT2D eigenvalue weighted by Gasteiger charge is 2.20. The average Bonchev–Trinajstić information content (AvgIpc) is 3.62. The Morgan fingerprint density at radius 2 is 0.925 bits per heavy atom. The van der Waals surface area contributed by atoms with E-state index in [1.807, 2.05) is 109 Å². The molecular weight excluding hydrogens is 653 g/mol. The van der Waals surface area contributed by atoms with Gasteiger partial charge in [0.1, 0.15) is 11.2 Å². The number of pyridine rings is 1. The number of benzene rings is 6. The molecule has 0 atom stereocenters. The molecule has 0 unspecified atom stereocenters. The monoisotopic (exact) mass is 680 g/mol. The van der Waals surface area contributed by atoms with Gasteiger partial charge in [0.2, 0.25) is 5.71 Å². The summed E-state index contributed by atoms with van der Waals surface area (Å²) in [6.45, 7) is 0. The first-order chi connectivity index (χ1) is 26.2. The van der Waals surface area contributed by atoms with Gasteiger partial charge in [0.25, 0.3) is 0 Å². The van der Waals surface area contributed by atoms with Gasteiger partial charge < -0.3 is 4.42 Å². The van der Waals surface area contributed by atoms with Crippen LogP contribution in [-0.4, -0.2) is 29.9 Å². The van der Waals surface area contributed by atoms with Crippen molar-refractivity contribution in [3.63, 3.8) is 0 Å². The highest BCUT2D eigenvalue weighted by atomic mass is 16.3. The maximum Gasteiger partial charge on any atom is 0.229 e. The van der Waals surface area contributed by atoms with E-state index in [0.717, 1.165) is 60.6 Å². The Bertz CT molecular complexity index is 2940. The molecule has 0 radical (unpaired) electrons. The van der Waals surface area contributed by atoms with Crippen molar-refractivity contribution >= 4 is 33.0 Å². The van der Waals surface area contributed by atoms with E-state index in [1.54, 1.807) is 6.20 Å². The fraction of sp³-hybridized carbons (Fsp3) is 0. The summed E-state index contributed by atoms with van der Waals surface area (Å²) >= 11 is 0. The molecule has 0 saturated heterocycles. The predicted octanol–water partition coefficient (Wildman–Crippen LogP) is 11.1. The van der Waals surface area contributed by atoms with Gasteiger partial charge in [0, 0.05) is 34.0 Å². The van der Waals surface area contributed by atoms with Gasteiger partial charge in [-0.05, 0) is 46.2 Å². The number of hydrogen-bond acceptors (Lipinski definition) is 7. The summed E-state index contributed by atoms with van der Waals surface area (Å²) in [5.74, 6) is 2.39. The lowest BCUT2D eigenvalue weighted by molar-refractivity contribution is 0.652. The molecule has 7 heteroatoms. The maximum atomic E-state index is 6.32. The second-order valence-electron chi connectivity index (χ2n) is 12.8. The summed E-state index contributed by atoms with van der Waals surface area (Å²) < 4.78 is 6.32. The summed E-state index contributed by atoms with van der Waals surface area (Å²) in [4.78, 5) is 29.6. The van der Waals surface area contributed by atoms with Crippen LogP contribution >= 0.6 is 0 Å². The van der Waals surface area contributed by atoms with Gasteiger partial charge in [0.05, 0.1) is 5.39 Å². The number of fused-ring (bicyclic) bond motifs is 4. The van der Waals surface area contributed by atoms with E-state index in [2.05, 4.69) is 59.6 Å². The van der Waals surface area contributed by atoms with Crippen LogP contribution in [0.3, 0.4) is 0 Å². The maximum absolute atomic E-state index is 6.32. The minimum Gasteiger partial charge on any atom is -0.434 e. The normalized spacial score (nSPS) is 11.4. The van der Waals surface area contributed by atoms with Gasteiger partial charge in [0.15, 0.2) is 28.9 Å². The van der Waals surface area contributed by atoms with Gasteiger partial charge in [-0.3, -0.25) is 0 Å². The van der Waals surface area contributed by atoms with E-state index in [4.69, 9.17) is 29.3 Å². The van der Waals surface area contributed by atoms with E-state index in [1.165, 1.54) is 0 Å². The van der Waals surface area contributed by atoms with Gasteiger partial charge in [-0.2, -0.15) is 0 Å². The van der Waals surface area contributed by atoms with Crippen LogP contribution in [0.5, 0.6) is 0 Å². The van der Waals surface area contributed by atoms with E-state index in [9.17, 15) is 0 Å². The Labute approximate surface area is 304 Å². The van der Waals surface area contributed by atoms with Gasteiger partial charge in [-0.1, -0.05) is 140 Å². The molecular formula is C46H28N6O. The number of hydrogen-bond donors (Lipinski definition) is 0. The first kappa shape index (κ1) is 30.4. The Balaban J connectivity index is 1.10. The van der Waals surface area contributed by atoms with E-state index in [-0.39, 0.29) is 0 Å². The minimum atomic E-state index is 0.521. The predicted molar refractivity (Wildman–Crippen MR) is 211 cm³/mol. The molecule has 0 bridgehead atoms. The second-order valence-corrected chi connectivity index (χ2v) is 12.8. The molecule has 0 amide bonds. The van der Waals surface area contributed by atoms with Gasteiger partial charge >= 0.3 is 0 Å². The highest BCUT2D eigenvalue weighted by molar-refractivity contribution is 6.06. The van der Waals surface area contributed by atoms with Crippen molar-refractivity contribution in [2.45, 2.75) is 0 Å². The van der Waals surface area contributed by atoms with Crippen molar-refractivity contribution in [3.05, 3.63) is 170 Å². The summed E-state index contributed by atoms with van der Waals surface area (Å²) in [5, 5.41) is 3.12. The molecule has 0 aliphatic rings. The molecule has 4 heterocycles. The third kappa shape index (κ3) is 5.66. The highest BCUT2D eigenvalue weighted by Crippen LogP contribution is 2.36. The van der Waals surface area contributed by atoms with Crippen LogP contribution in [0.4, 0.5) is 0 Å². The zero-order valence-corrected chi connectivity index (χ0v) is 28.3. The van der Waals surface area contributed by atoms with E-state index < -0.39 is 0 Å². The topological polar surface area (TPSA) is 90.5 Å². The third-order valence-electron chi connectivity index (χ3n) is 9.41. The molecule has 10 aromatic rings. The van der Waals surface area contributed by atoms with Crippen LogP contribution in [0.15, 0.2) is 174 Å². The Kier molecular flexibility index (Phi) is 7.32. The van der Waals surface area contributed by atoms with Crippen LogP contribution in [0.1, 0.15) is 0 Å². The van der Waals surface area contributed by atoms with Crippen molar-refractivity contribution in [2.24, 2.45) is 0 Å². The molecule has 0 spiro atoms. The summed E-state index contributed by atoms with van der Waals surface area (Å²) in [6.07, 6.45) is 1.72. The lowest BCUT2D eigenvalue weighted by atomic mass is 10.0. The first-order valence-electron chi connectivity index (χ1n) is 17.4. The summed E-state index contributed by atoms with van der Waals surface area (Å²) in [7, 11) is 0. The van der Waals surface area contributed by atoms with E-state index >= 15 is 0 Å². The molecule has 4 aromatic heterocycles. The van der Waals surface area contributed by atoms with Crippen LogP contribution in [0.2, 0.25) is 0 Å². The Morgan fingerprint density at radius 3 is 1.70 bits per heavy atom. The Hall–Kier alpha value is -7.38. The molecule has 248 valence electrons. The first-order valence-corrected chi connectivity index (χ1v) is 17.4. The quantitative estimate of drug-likeness (QED) is 0.173.